The predicted octanol–water partition coefficient (Wildman–Crippen LogP) is 8.73. The van der Waals surface area contributed by atoms with Gasteiger partial charge in [-0.15, -0.1) is 0 Å². The molecule has 0 aromatic heterocycles. The lowest BCUT2D eigenvalue weighted by Gasteiger charge is -2.31. The number of carboxylic acid groups (broad SMARTS) is 1. The highest BCUT2D eigenvalue weighted by atomic mass is 16.6. The molecule has 0 spiro atoms. The maximum atomic E-state index is 12.6. The largest absolute Gasteiger partial charge is 0.477 e. The van der Waals surface area contributed by atoms with Gasteiger partial charge in [0.1, 0.15) is 6.61 Å². The summed E-state index contributed by atoms with van der Waals surface area (Å²) in [5.41, 5.74) is 0. The van der Waals surface area contributed by atoms with Crippen molar-refractivity contribution in [1.82, 2.24) is 0 Å². The van der Waals surface area contributed by atoms with Crippen molar-refractivity contribution in [1.29, 1.82) is 0 Å². The van der Waals surface area contributed by atoms with Crippen molar-refractivity contribution >= 4 is 17.9 Å². The average Bonchev–Trinajstić information content (AvgIpc) is 3.06. The number of carboxylic acids is 1. The van der Waals surface area contributed by atoms with Crippen molar-refractivity contribution in [2.75, 3.05) is 41.0 Å². The van der Waals surface area contributed by atoms with E-state index in [1.807, 2.05) is 131 Å². The number of hydrogen-bond donors (Lipinski definition) is 1. The number of nitrogens with zero attached hydrogens (tertiary/aromatic N) is 1. The first kappa shape index (κ1) is 45.7. The third-order valence-corrected chi connectivity index (χ3v) is 6.86. The van der Waals surface area contributed by atoms with Crippen LogP contribution in [0.3, 0.4) is 0 Å². The van der Waals surface area contributed by atoms with E-state index in [1.165, 1.54) is 0 Å². The molecule has 0 aliphatic carbocycles. The Bertz CT molecular complexity index is 1220. The molecule has 0 rings (SSSR count). The van der Waals surface area contributed by atoms with Gasteiger partial charge in [0.05, 0.1) is 34.4 Å². The number of carbonyl (C=O) groups is 3. The zero-order valence-electron chi connectivity index (χ0n) is 31.0. The second-order valence-electron chi connectivity index (χ2n) is 12.3. The topological polar surface area (TPSA) is 99.1 Å². The Morgan fingerprint density at radius 2 is 1.02 bits per heavy atom. The van der Waals surface area contributed by atoms with Gasteiger partial charge >= 0.3 is 17.9 Å². The Kier molecular flexibility index (Phi) is 29.2. The predicted molar refractivity (Wildman–Crippen MR) is 205 cm³/mol. The first-order valence-corrected chi connectivity index (χ1v) is 17.7. The molecule has 0 radical (unpaired) electrons. The molecule has 2 atom stereocenters. The molecular weight excluding hydrogens is 630 g/mol. The van der Waals surface area contributed by atoms with Gasteiger partial charge in [0.15, 0.2) is 12.1 Å². The van der Waals surface area contributed by atoms with Crippen LogP contribution < -0.4 is 0 Å². The van der Waals surface area contributed by atoms with E-state index < -0.39 is 24.1 Å². The van der Waals surface area contributed by atoms with Gasteiger partial charge in [-0.25, -0.2) is 4.79 Å². The summed E-state index contributed by atoms with van der Waals surface area (Å²) in [6.45, 7) is 4.22. The molecule has 0 saturated carbocycles. The summed E-state index contributed by atoms with van der Waals surface area (Å²) >= 11 is 0. The maximum Gasteiger partial charge on any atom is 0.362 e. The molecule has 50 heavy (non-hydrogen) atoms. The summed E-state index contributed by atoms with van der Waals surface area (Å²) in [4.78, 5) is 36.7. The fourth-order valence-electron chi connectivity index (χ4n) is 4.15. The van der Waals surface area contributed by atoms with Gasteiger partial charge in [0, 0.05) is 19.3 Å². The molecule has 0 aliphatic rings. The van der Waals surface area contributed by atoms with E-state index in [0.717, 1.165) is 19.3 Å². The first-order valence-electron chi connectivity index (χ1n) is 17.7. The highest BCUT2D eigenvalue weighted by Gasteiger charge is 2.31. The molecule has 0 aromatic rings. The Labute approximate surface area is 301 Å². The second kappa shape index (κ2) is 32.0. The Balaban J connectivity index is 4.76. The standard InChI is InChI=1S/C42H61NO7/c1-6-8-10-12-14-16-18-20-22-24-26-28-30-32-40(44)49-37-38(36-48-35-34-39(42(46)47)43(3,4)5)50-41(45)33-31-29-27-25-23-21-19-17-15-13-11-9-7-2/h8-27,38-39H,6-7,28-37H2,1-5H3/p+1/b10-8+,11-9+,14-12+,15-13+,18-16+,19-17+,22-20+,23-21+,26-24+,27-25+. The molecule has 0 fully saturated rings. The lowest BCUT2D eigenvalue weighted by atomic mass is 10.1. The Morgan fingerprint density at radius 3 is 1.44 bits per heavy atom. The van der Waals surface area contributed by atoms with E-state index in [-0.39, 0.29) is 49.5 Å². The number of quaternary nitrogens is 1. The van der Waals surface area contributed by atoms with Gasteiger partial charge in [-0.3, -0.25) is 9.59 Å². The molecule has 1 N–H and O–H groups in total. The third-order valence-electron chi connectivity index (χ3n) is 6.86. The van der Waals surface area contributed by atoms with Crippen LogP contribution in [0.1, 0.15) is 71.6 Å². The van der Waals surface area contributed by atoms with Crippen molar-refractivity contribution in [3.63, 3.8) is 0 Å². The van der Waals surface area contributed by atoms with Crippen molar-refractivity contribution in [2.24, 2.45) is 0 Å². The fraction of sp³-hybridized carbons (Fsp3) is 0.452. The lowest BCUT2D eigenvalue weighted by molar-refractivity contribution is -0.887. The highest BCUT2D eigenvalue weighted by molar-refractivity contribution is 5.72. The van der Waals surface area contributed by atoms with Crippen LogP contribution in [0.5, 0.6) is 0 Å². The number of allylic oxidation sites excluding steroid dienone is 20. The zero-order chi connectivity index (χ0) is 37.1. The van der Waals surface area contributed by atoms with Crippen LogP contribution in [-0.2, 0) is 28.6 Å². The molecular formula is C42H62NO7+. The summed E-state index contributed by atoms with van der Waals surface area (Å²) in [7, 11) is 5.44. The van der Waals surface area contributed by atoms with Gasteiger partial charge in [0.25, 0.3) is 0 Å². The van der Waals surface area contributed by atoms with Crippen LogP contribution in [0.4, 0.5) is 0 Å². The van der Waals surface area contributed by atoms with Crippen molar-refractivity contribution < 1.29 is 38.2 Å². The van der Waals surface area contributed by atoms with E-state index in [2.05, 4.69) is 26.0 Å². The minimum Gasteiger partial charge on any atom is -0.477 e. The van der Waals surface area contributed by atoms with Gasteiger partial charge < -0.3 is 23.8 Å². The molecule has 0 amide bonds. The smallest absolute Gasteiger partial charge is 0.362 e. The molecule has 0 saturated heterocycles. The summed E-state index contributed by atoms with van der Waals surface area (Å²) < 4.78 is 17.0. The summed E-state index contributed by atoms with van der Waals surface area (Å²) in [6, 6.07) is -0.645. The average molecular weight is 693 g/mol. The van der Waals surface area contributed by atoms with E-state index >= 15 is 0 Å². The second-order valence-corrected chi connectivity index (χ2v) is 12.3. The maximum absolute atomic E-state index is 12.6. The SMILES string of the molecule is CC/C=C/C=C/C=C/C=C/C=C/CCCC(=O)OCC(COCCC(C(=O)O)[N+](C)(C)C)OC(=O)CCC/C=C/C=C/C=C/C=C/C=C/CC. The minimum absolute atomic E-state index is 0.000449. The van der Waals surface area contributed by atoms with Gasteiger partial charge in [-0.05, 0) is 38.5 Å². The van der Waals surface area contributed by atoms with Crippen LogP contribution in [0.15, 0.2) is 122 Å². The van der Waals surface area contributed by atoms with E-state index in [4.69, 9.17) is 14.2 Å². The summed E-state index contributed by atoms with van der Waals surface area (Å²) in [5, 5.41) is 9.56. The van der Waals surface area contributed by atoms with Crippen molar-refractivity contribution in [2.45, 2.75) is 83.8 Å². The number of hydrogen-bond acceptors (Lipinski definition) is 6. The number of carbonyl (C=O) groups excluding carboxylic acids is 2. The summed E-state index contributed by atoms with van der Waals surface area (Å²) in [5.74, 6) is -1.69. The van der Waals surface area contributed by atoms with Crippen molar-refractivity contribution in [3.05, 3.63) is 122 Å². The zero-order valence-corrected chi connectivity index (χ0v) is 31.0. The molecule has 2 unspecified atom stereocenters. The van der Waals surface area contributed by atoms with Crippen LogP contribution in [-0.4, -0.2) is 80.6 Å². The third kappa shape index (κ3) is 29.8. The number of ether oxygens (including phenoxy) is 3. The minimum atomic E-state index is -0.905. The highest BCUT2D eigenvalue weighted by Crippen LogP contribution is 2.10. The fourth-order valence-corrected chi connectivity index (χ4v) is 4.15. The lowest BCUT2D eigenvalue weighted by Crippen LogP contribution is -2.50. The number of unbranched alkanes of at least 4 members (excludes halogenated alkanes) is 2. The Hall–Kier alpha value is -4.27. The number of aliphatic carboxylic acids is 1. The monoisotopic (exact) mass is 692 g/mol. The molecule has 0 heterocycles. The summed E-state index contributed by atoms with van der Waals surface area (Å²) in [6.07, 6.45) is 44.1. The van der Waals surface area contributed by atoms with Crippen LogP contribution in [0.25, 0.3) is 0 Å². The van der Waals surface area contributed by atoms with E-state index in [9.17, 15) is 19.5 Å². The number of esters is 2. The quantitative estimate of drug-likeness (QED) is 0.0379. The van der Waals surface area contributed by atoms with Gasteiger partial charge in [-0.2, -0.15) is 0 Å². The first-order chi connectivity index (χ1) is 24.1. The van der Waals surface area contributed by atoms with E-state index in [0.29, 0.717) is 19.3 Å². The van der Waals surface area contributed by atoms with Gasteiger partial charge in [-0.1, -0.05) is 135 Å². The number of likely N-dealkylation sites (N-methyl/N-ethyl adjacent to an activating group) is 1. The van der Waals surface area contributed by atoms with Crippen LogP contribution in [0, 0.1) is 0 Å². The number of rotatable bonds is 28. The van der Waals surface area contributed by atoms with Crippen molar-refractivity contribution in [3.8, 4) is 0 Å². The molecule has 276 valence electrons. The van der Waals surface area contributed by atoms with Crippen LogP contribution >= 0.6 is 0 Å². The molecule has 0 aliphatic heterocycles. The van der Waals surface area contributed by atoms with Gasteiger partial charge in [0.2, 0.25) is 0 Å². The molecule has 0 aromatic carbocycles. The molecule has 8 nitrogen and oxygen atoms in total. The molecule has 8 heteroatoms. The molecule has 0 bridgehead atoms. The Morgan fingerprint density at radius 1 is 0.600 bits per heavy atom. The normalized spacial score (nSPS) is 14.5. The van der Waals surface area contributed by atoms with E-state index in [1.54, 1.807) is 0 Å². The van der Waals surface area contributed by atoms with Crippen LogP contribution in [0.2, 0.25) is 0 Å².